The van der Waals surface area contributed by atoms with Gasteiger partial charge in [-0.1, -0.05) is 42.5 Å². The number of anilines is 1. The molecule has 252 valence electrons. The van der Waals surface area contributed by atoms with E-state index in [9.17, 15) is 5.11 Å². The number of methoxy groups -OCH3 is 2. The molecular weight excluding hydrogens is 751 g/mol. The lowest BCUT2D eigenvalue weighted by Gasteiger charge is -2.06. The summed E-state index contributed by atoms with van der Waals surface area (Å²) >= 11 is 2.25. The van der Waals surface area contributed by atoms with Gasteiger partial charge in [0.15, 0.2) is 0 Å². The van der Waals surface area contributed by atoms with Crippen LogP contribution in [-0.4, -0.2) is 44.8 Å². The number of phenols is 1. The third kappa shape index (κ3) is 8.87. The molecule has 6 aromatic carbocycles. The van der Waals surface area contributed by atoms with Gasteiger partial charge in [0.05, 0.1) is 47.7 Å². The van der Waals surface area contributed by atoms with Crippen LogP contribution in [0.15, 0.2) is 163 Å². The molecule has 1 aliphatic rings. The summed E-state index contributed by atoms with van der Waals surface area (Å²) in [6, 6.07) is 46.8. The van der Waals surface area contributed by atoms with Crippen molar-refractivity contribution in [3.8, 4) is 28.6 Å². The van der Waals surface area contributed by atoms with Crippen molar-refractivity contribution >= 4 is 62.4 Å². The van der Waals surface area contributed by atoms with Crippen molar-refractivity contribution in [2.45, 2.75) is 0 Å². The number of hydrogen-bond donors (Lipinski definition) is 2. The number of benzene rings is 6. The van der Waals surface area contributed by atoms with Crippen molar-refractivity contribution < 1.29 is 14.6 Å². The highest BCUT2D eigenvalue weighted by Crippen LogP contribution is 2.26. The minimum Gasteiger partial charge on any atom is -0.508 e. The number of nitrogens with zero attached hydrogens (tertiary/aromatic N) is 5. The first-order valence-electron chi connectivity index (χ1n) is 15.9. The number of hydrogen-bond acceptors (Lipinski definition) is 7. The second-order valence-corrected chi connectivity index (χ2v) is 12.2. The zero-order chi connectivity index (χ0) is 35.4. The summed E-state index contributed by atoms with van der Waals surface area (Å²) < 4.78 is 15.4. The monoisotopic (exact) mass is 785 g/mol. The van der Waals surface area contributed by atoms with Crippen molar-refractivity contribution in [3.63, 3.8) is 0 Å². The van der Waals surface area contributed by atoms with Crippen LogP contribution in [-0.2, 0) is 0 Å². The van der Waals surface area contributed by atoms with Crippen LogP contribution in [0.3, 0.4) is 0 Å². The van der Waals surface area contributed by atoms with Crippen molar-refractivity contribution in [1.82, 2.24) is 19.1 Å². The maximum Gasteiger partial charge on any atom is 0.254 e. The number of fused-ring (bicyclic) bond motifs is 3. The number of phenolic OH excluding ortho intramolecular Hbond substituents is 1. The minimum absolute atomic E-state index is 0.260. The van der Waals surface area contributed by atoms with E-state index < -0.39 is 0 Å². The summed E-state index contributed by atoms with van der Waals surface area (Å²) in [6.07, 6.45) is 6.26. The van der Waals surface area contributed by atoms with E-state index in [2.05, 4.69) is 59.8 Å². The first-order chi connectivity index (χ1) is 25.0. The number of imidazole rings is 2. The van der Waals surface area contributed by atoms with Gasteiger partial charge in [-0.2, -0.15) is 5.32 Å². The van der Waals surface area contributed by atoms with Crippen LogP contribution < -0.4 is 14.8 Å². The summed E-state index contributed by atoms with van der Waals surface area (Å²) in [4.78, 5) is 12.6. The normalized spacial score (nSPS) is 10.6. The molecule has 0 saturated heterocycles. The van der Waals surface area contributed by atoms with Crippen LogP contribution in [0, 0.1) is 3.57 Å². The van der Waals surface area contributed by atoms with Crippen molar-refractivity contribution in [3.05, 3.63) is 162 Å². The Kier molecular flexibility index (Phi) is 11.5. The van der Waals surface area contributed by atoms with Gasteiger partial charge in [0.25, 0.3) is 6.34 Å². The molecule has 10 heteroatoms. The number of aromatic hydroxyl groups is 1. The first-order valence-corrected chi connectivity index (χ1v) is 17.0. The lowest BCUT2D eigenvalue weighted by atomic mass is 10.2. The van der Waals surface area contributed by atoms with Crippen LogP contribution in [0.2, 0.25) is 0 Å². The van der Waals surface area contributed by atoms with Gasteiger partial charge in [0, 0.05) is 27.8 Å². The topological polar surface area (TPSA) is 98.7 Å². The number of aliphatic imine (C=N–C) groups is 1. The fourth-order valence-corrected chi connectivity index (χ4v) is 5.67. The van der Waals surface area contributed by atoms with E-state index >= 15 is 0 Å². The van der Waals surface area contributed by atoms with Gasteiger partial charge in [0.2, 0.25) is 11.4 Å². The molecule has 0 amide bonds. The van der Waals surface area contributed by atoms with E-state index in [4.69, 9.17) is 9.47 Å². The van der Waals surface area contributed by atoms with Crippen molar-refractivity contribution in [2.24, 2.45) is 4.99 Å². The molecule has 1 aliphatic heterocycles. The standard InChI is InChI=1S/C14H12N2O.C13H10N2O.C7H7IO.C7H5N2/c1-17-12-6-4-5-11(9-12)16-10-15-13-7-2-3-8-14(13)16;16-11-5-3-4-10(8-11)15-9-14-12-6-1-2-7-13(12)15;1-9-7-4-2-3-6(8)5-7;1-2-4-7-6(3-1)8-5-9-7/h2-10H,1H3;1-9,16H;2-5H,1H3;1-4H,(H,8,9)/q;;;+1. The van der Waals surface area contributed by atoms with Crippen LogP contribution >= 0.6 is 22.6 Å². The third-order valence-electron chi connectivity index (χ3n) is 7.65. The predicted octanol–water partition coefficient (Wildman–Crippen LogP) is 9.71. The number of nitrogens with one attached hydrogen (secondary N) is 1. The summed E-state index contributed by atoms with van der Waals surface area (Å²) in [6.45, 7) is 0. The maximum absolute atomic E-state index is 9.45. The predicted molar refractivity (Wildman–Crippen MR) is 213 cm³/mol. The Hall–Kier alpha value is -6.23. The highest BCUT2D eigenvalue weighted by Gasteiger charge is 2.15. The molecule has 0 fully saturated rings. The van der Waals surface area contributed by atoms with E-state index in [1.54, 1.807) is 32.7 Å². The molecule has 51 heavy (non-hydrogen) atoms. The Morgan fingerprint density at radius 1 is 0.608 bits per heavy atom. The smallest absolute Gasteiger partial charge is 0.254 e. The Morgan fingerprint density at radius 3 is 1.75 bits per heavy atom. The van der Waals surface area contributed by atoms with Gasteiger partial charge < -0.3 is 14.6 Å². The Labute approximate surface area is 309 Å². The SMILES string of the molecule is COc1cccc(-n2cnc3ccccc32)c1.COc1cccc(I)c1.Oc1cccc(-n2cnc3ccccc32)c1.[C+]1=Nc2ccccc2N1. The van der Waals surface area contributed by atoms with Crippen LogP contribution in [0.1, 0.15) is 0 Å². The number of aromatic nitrogens is 4. The zero-order valence-electron chi connectivity index (χ0n) is 27.9. The fourth-order valence-electron chi connectivity index (χ4n) is 5.15. The summed E-state index contributed by atoms with van der Waals surface area (Å²) in [7, 11) is 3.34. The molecule has 0 aliphatic carbocycles. The highest BCUT2D eigenvalue weighted by molar-refractivity contribution is 14.1. The van der Waals surface area contributed by atoms with Gasteiger partial charge in [-0.3, -0.25) is 9.13 Å². The molecule has 8 aromatic rings. The van der Waals surface area contributed by atoms with Gasteiger partial charge in [0.1, 0.15) is 29.9 Å². The first kappa shape index (κ1) is 34.6. The third-order valence-corrected chi connectivity index (χ3v) is 8.32. The Bertz CT molecular complexity index is 2390. The van der Waals surface area contributed by atoms with Gasteiger partial charge in [-0.05, 0) is 106 Å². The van der Waals surface area contributed by atoms with E-state index in [0.29, 0.717) is 0 Å². The Balaban J connectivity index is 0.000000122. The second kappa shape index (κ2) is 16.9. The summed E-state index contributed by atoms with van der Waals surface area (Å²) in [5, 5.41) is 12.3. The average molecular weight is 786 g/mol. The molecule has 0 spiro atoms. The van der Waals surface area contributed by atoms with E-state index in [1.807, 2.05) is 138 Å². The zero-order valence-corrected chi connectivity index (χ0v) is 30.0. The average Bonchev–Trinajstić information content (AvgIpc) is 3.94. The summed E-state index contributed by atoms with van der Waals surface area (Å²) in [5.74, 6) is 2.03. The van der Waals surface area contributed by atoms with Crippen molar-refractivity contribution in [2.75, 3.05) is 19.5 Å². The van der Waals surface area contributed by atoms with Crippen LogP contribution in [0.5, 0.6) is 17.2 Å². The van der Waals surface area contributed by atoms with Crippen LogP contribution in [0.4, 0.5) is 11.4 Å². The quantitative estimate of drug-likeness (QED) is 0.136. The molecule has 9 rings (SSSR count). The number of para-hydroxylation sites is 6. The molecule has 0 atom stereocenters. The molecule has 2 N–H and O–H groups in total. The molecule has 0 saturated carbocycles. The molecule has 0 bridgehead atoms. The highest BCUT2D eigenvalue weighted by atomic mass is 127. The molecule has 0 radical (unpaired) electrons. The summed E-state index contributed by atoms with van der Waals surface area (Å²) in [5.41, 5.74) is 8.05. The fraction of sp³-hybridized carbons (Fsp3) is 0.0488. The minimum atomic E-state index is 0.260. The molecule has 9 nitrogen and oxygen atoms in total. The maximum atomic E-state index is 9.45. The van der Waals surface area contributed by atoms with E-state index in [-0.39, 0.29) is 5.75 Å². The van der Waals surface area contributed by atoms with Gasteiger partial charge >= 0.3 is 0 Å². The van der Waals surface area contributed by atoms with Gasteiger partial charge in [-0.25, -0.2) is 9.97 Å². The van der Waals surface area contributed by atoms with Crippen molar-refractivity contribution in [1.29, 1.82) is 0 Å². The number of halogens is 1. The van der Waals surface area contributed by atoms with E-state index in [0.717, 1.165) is 56.3 Å². The lowest BCUT2D eigenvalue weighted by molar-refractivity contribution is 0.414. The molecular formula is C41H34IN6O3+. The second-order valence-electron chi connectivity index (χ2n) is 11.0. The molecule has 0 unspecified atom stereocenters. The Morgan fingerprint density at radius 2 is 1.16 bits per heavy atom. The largest absolute Gasteiger partial charge is 0.508 e. The molecule has 3 heterocycles. The van der Waals surface area contributed by atoms with Gasteiger partial charge in [-0.15, -0.1) is 0 Å². The number of rotatable bonds is 4. The molecule has 2 aromatic heterocycles. The van der Waals surface area contributed by atoms with E-state index in [1.165, 1.54) is 3.57 Å². The lowest BCUT2D eigenvalue weighted by Crippen LogP contribution is -1.92. The van der Waals surface area contributed by atoms with Crippen LogP contribution in [0.25, 0.3) is 33.4 Å². The number of ether oxygens (including phenoxy) is 2.